The van der Waals surface area contributed by atoms with Gasteiger partial charge in [-0.05, 0) is 64.8 Å². The second-order valence-corrected chi connectivity index (χ2v) is 6.99. The molecule has 0 bridgehead atoms. The van der Waals surface area contributed by atoms with Crippen LogP contribution in [0.3, 0.4) is 0 Å². The molecule has 0 amide bonds. The Labute approximate surface area is 125 Å². The van der Waals surface area contributed by atoms with Gasteiger partial charge in [0.25, 0.3) is 0 Å². The van der Waals surface area contributed by atoms with Gasteiger partial charge in [0.15, 0.2) is 0 Å². The van der Waals surface area contributed by atoms with Gasteiger partial charge in [0.05, 0.1) is 6.10 Å². The zero-order chi connectivity index (χ0) is 14.4. The fourth-order valence-electron chi connectivity index (χ4n) is 3.76. The number of hydrogen-bond acceptors (Lipinski definition) is 3. The fraction of sp³-hybridized carbons (Fsp3) is 1.00. The van der Waals surface area contributed by atoms with E-state index in [4.69, 9.17) is 4.74 Å². The SMILES string of the molecule is CO[C@H]1CC[C@H](CCCN2CCN(C(C)C)CC2)CC1. The summed E-state index contributed by atoms with van der Waals surface area (Å²) >= 11 is 0. The summed E-state index contributed by atoms with van der Waals surface area (Å²) < 4.78 is 5.46. The monoisotopic (exact) mass is 282 g/mol. The Balaban J connectivity index is 1.54. The maximum Gasteiger partial charge on any atom is 0.0571 e. The van der Waals surface area contributed by atoms with Crippen molar-refractivity contribution in [2.45, 2.75) is 64.5 Å². The van der Waals surface area contributed by atoms with E-state index in [0.717, 1.165) is 5.92 Å². The maximum atomic E-state index is 5.46. The number of ether oxygens (including phenoxy) is 1. The zero-order valence-electron chi connectivity index (χ0n) is 13.8. The second kappa shape index (κ2) is 8.35. The molecule has 2 aliphatic rings. The van der Waals surface area contributed by atoms with Crippen molar-refractivity contribution < 1.29 is 4.74 Å². The van der Waals surface area contributed by atoms with E-state index in [1.165, 1.54) is 71.2 Å². The average Bonchev–Trinajstić information content (AvgIpc) is 2.48. The summed E-state index contributed by atoms with van der Waals surface area (Å²) in [6.45, 7) is 11.0. The lowest BCUT2D eigenvalue weighted by Gasteiger charge is -2.37. The van der Waals surface area contributed by atoms with Gasteiger partial charge in [0.2, 0.25) is 0 Å². The minimum atomic E-state index is 0.551. The molecule has 2 rings (SSSR count). The molecule has 3 nitrogen and oxygen atoms in total. The summed E-state index contributed by atoms with van der Waals surface area (Å²) in [5, 5.41) is 0. The third-order valence-corrected chi connectivity index (χ3v) is 5.35. The molecule has 0 spiro atoms. The predicted octanol–water partition coefficient (Wildman–Crippen LogP) is 3.00. The Bertz CT molecular complexity index is 254. The average molecular weight is 282 g/mol. The van der Waals surface area contributed by atoms with Crippen LogP contribution in [0.2, 0.25) is 0 Å². The first-order valence-corrected chi connectivity index (χ1v) is 8.68. The Kier molecular flexibility index (Phi) is 6.79. The van der Waals surface area contributed by atoms with E-state index >= 15 is 0 Å². The van der Waals surface area contributed by atoms with Crippen molar-refractivity contribution in [3.8, 4) is 0 Å². The highest BCUT2D eigenvalue weighted by Crippen LogP contribution is 2.29. The smallest absolute Gasteiger partial charge is 0.0571 e. The Morgan fingerprint density at radius 2 is 1.65 bits per heavy atom. The zero-order valence-corrected chi connectivity index (χ0v) is 13.8. The molecule has 0 atom stereocenters. The van der Waals surface area contributed by atoms with Crippen molar-refractivity contribution >= 4 is 0 Å². The molecule has 0 aromatic carbocycles. The van der Waals surface area contributed by atoms with Crippen molar-refractivity contribution in [1.29, 1.82) is 0 Å². The fourth-order valence-corrected chi connectivity index (χ4v) is 3.76. The highest BCUT2D eigenvalue weighted by Gasteiger charge is 2.21. The van der Waals surface area contributed by atoms with Crippen LogP contribution < -0.4 is 0 Å². The largest absolute Gasteiger partial charge is 0.381 e. The summed E-state index contributed by atoms with van der Waals surface area (Å²) in [6.07, 6.45) is 8.72. The lowest BCUT2D eigenvalue weighted by molar-refractivity contribution is 0.0539. The van der Waals surface area contributed by atoms with Gasteiger partial charge < -0.3 is 9.64 Å². The van der Waals surface area contributed by atoms with Crippen LogP contribution in [-0.2, 0) is 4.74 Å². The van der Waals surface area contributed by atoms with Crippen molar-refractivity contribution in [2.24, 2.45) is 5.92 Å². The first-order valence-electron chi connectivity index (χ1n) is 8.68. The molecular formula is C17H34N2O. The van der Waals surface area contributed by atoms with Crippen LogP contribution >= 0.6 is 0 Å². The minimum absolute atomic E-state index is 0.551. The van der Waals surface area contributed by atoms with Gasteiger partial charge in [-0.15, -0.1) is 0 Å². The molecule has 0 aromatic rings. The van der Waals surface area contributed by atoms with Gasteiger partial charge in [-0.3, -0.25) is 4.90 Å². The molecule has 1 aliphatic heterocycles. The molecule has 0 aromatic heterocycles. The lowest BCUT2D eigenvalue weighted by Crippen LogP contribution is -2.48. The summed E-state index contributed by atoms with van der Waals surface area (Å²) in [6, 6.07) is 0.716. The molecule has 118 valence electrons. The van der Waals surface area contributed by atoms with Gasteiger partial charge in [-0.1, -0.05) is 0 Å². The molecule has 0 N–H and O–H groups in total. The second-order valence-electron chi connectivity index (χ2n) is 6.99. The number of methoxy groups -OCH3 is 1. The third-order valence-electron chi connectivity index (χ3n) is 5.35. The van der Waals surface area contributed by atoms with E-state index < -0.39 is 0 Å². The topological polar surface area (TPSA) is 15.7 Å². The highest BCUT2D eigenvalue weighted by atomic mass is 16.5. The van der Waals surface area contributed by atoms with E-state index in [1.807, 2.05) is 7.11 Å². The highest BCUT2D eigenvalue weighted by molar-refractivity contribution is 4.76. The van der Waals surface area contributed by atoms with Crippen LogP contribution in [0.25, 0.3) is 0 Å². The summed E-state index contributed by atoms with van der Waals surface area (Å²) in [7, 11) is 1.86. The van der Waals surface area contributed by atoms with Crippen LogP contribution in [-0.4, -0.2) is 61.8 Å². The van der Waals surface area contributed by atoms with E-state index in [0.29, 0.717) is 12.1 Å². The standard InChI is InChI=1S/C17H34N2O/c1-15(2)19-13-11-18(12-14-19)10-4-5-16-6-8-17(20-3)9-7-16/h15-17H,4-14H2,1-3H3/t16-,17-. The van der Waals surface area contributed by atoms with E-state index in [2.05, 4.69) is 23.6 Å². The van der Waals surface area contributed by atoms with Crippen molar-refractivity contribution in [2.75, 3.05) is 39.8 Å². The minimum Gasteiger partial charge on any atom is -0.381 e. The van der Waals surface area contributed by atoms with Gasteiger partial charge >= 0.3 is 0 Å². The van der Waals surface area contributed by atoms with Crippen LogP contribution in [0.4, 0.5) is 0 Å². The van der Waals surface area contributed by atoms with Gasteiger partial charge in [-0.2, -0.15) is 0 Å². The Hall–Kier alpha value is -0.120. The normalized spacial score (nSPS) is 30.0. The Morgan fingerprint density at radius 1 is 1.00 bits per heavy atom. The molecule has 0 radical (unpaired) electrons. The van der Waals surface area contributed by atoms with Crippen molar-refractivity contribution in [3.63, 3.8) is 0 Å². The first kappa shape index (κ1) is 16.3. The first-order chi connectivity index (χ1) is 9.69. The molecule has 20 heavy (non-hydrogen) atoms. The predicted molar refractivity (Wildman–Crippen MR) is 85.1 cm³/mol. The molecule has 1 heterocycles. The number of nitrogens with zero attached hydrogens (tertiary/aromatic N) is 2. The van der Waals surface area contributed by atoms with Crippen molar-refractivity contribution in [1.82, 2.24) is 9.80 Å². The number of hydrogen-bond donors (Lipinski definition) is 0. The Morgan fingerprint density at radius 3 is 2.20 bits per heavy atom. The maximum absolute atomic E-state index is 5.46. The van der Waals surface area contributed by atoms with E-state index in [1.54, 1.807) is 0 Å². The van der Waals surface area contributed by atoms with Gasteiger partial charge in [0.1, 0.15) is 0 Å². The molecule has 3 heteroatoms. The van der Waals surface area contributed by atoms with Crippen LogP contribution in [0, 0.1) is 5.92 Å². The third kappa shape index (κ3) is 5.01. The van der Waals surface area contributed by atoms with Crippen LogP contribution in [0.15, 0.2) is 0 Å². The lowest BCUT2D eigenvalue weighted by atomic mass is 9.84. The number of piperazine rings is 1. The molecule has 2 fully saturated rings. The van der Waals surface area contributed by atoms with Gasteiger partial charge in [0, 0.05) is 39.3 Å². The van der Waals surface area contributed by atoms with Gasteiger partial charge in [-0.25, -0.2) is 0 Å². The molecule has 1 saturated carbocycles. The van der Waals surface area contributed by atoms with E-state index in [-0.39, 0.29) is 0 Å². The molecule has 0 unspecified atom stereocenters. The van der Waals surface area contributed by atoms with Crippen LogP contribution in [0.1, 0.15) is 52.4 Å². The molecule has 1 saturated heterocycles. The van der Waals surface area contributed by atoms with Crippen LogP contribution in [0.5, 0.6) is 0 Å². The number of rotatable bonds is 6. The van der Waals surface area contributed by atoms with Crippen molar-refractivity contribution in [3.05, 3.63) is 0 Å². The summed E-state index contributed by atoms with van der Waals surface area (Å²) in [5.41, 5.74) is 0. The quantitative estimate of drug-likeness (QED) is 0.745. The van der Waals surface area contributed by atoms with E-state index in [9.17, 15) is 0 Å². The molecule has 1 aliphatic carbocycles. The summed E-state index contributed by atoms with van der Waals surface area (Å²) in [4.78, 5) is 5.27. The summed E-state index contributed by atoms with van der Waals surface area (Å²) in [5.74, 6) is 0.971. The molecular weight excluding hydrogens is 248 g/mol.